The van der Waals surface area contributed by atoms with Gasteiger partial charge in [-0.1, -0.05) is 41.9 Å². The summed E-state index contributed by atoms with van der Waals surface area (Å²) in [5.41, 5.74) is 4.41. The van der Waals surface area contributed by atoms with Gasteiger partial charge in [0.15, 0.2) is 0 Å². The number of hydrogen-bond acceptors (Lipinski definition) is 4. The average molecular weight is 410 g/mol. The molecular weight excluding hydrogens is 386 g/mol. The van der Waals surface area contributed by atoms with E-state index in [9.17, 15) is 4.79 Å². The van der Waals surface area contributed by atoms with Crippen LogP contribution in [0.15, 0.2) is 47.0 Å². The fraction of sp³-hybridized carbons (Fsp3) is 0.348. The van der Waals surface area contributed by atoms with Gasteiger partial charge in [-0.15, -0.1) is 0 Å². The van der Waals surface area contributed by atoms with Crippen molar-refractivity contribution in [3.63, 3.8) is 0 Å². The van der Waals surface area contributed by atoms with Crippen molar-refractivity contribution < 1.29 is 9.32 Å². The van der Waals surface area contributed by atoms with Crippen molar-refractivity contribution in [2.24, 2.45) is 0 Å². The highest BCUT2D eigenvalue weighted by atomic mass is 35.5. The van der Waals surface area contributed by atoms with E-state index in [2.05, 4.69) is 18.1 Å². The molecule has 5 nitrogen and oxygen atoms in total. The Hall–Kier alpha value is -2.66. The lowest BCUT2D eigenvalue weighted by Crippen LogP contribution is -2.38. The van der Waals surface area contributed by atoms with Gasteiger partial charge >= 0.3 is 0 Å². The van der Waals surface area contributed by atoms with Gasteiger partial charge in [0.2, 0.25) is 0 Å². The number of rotatable bonds is 4. The number of benzene rings is 1. The molecule has 2 aromatic heterocycles. The second kappa shape index (κ2) is 8.37. The summed E-state index contributed by atoms with van der Waals surface area (Å²) in [5.74, 6) is 1.20. The monoisotopic (exact) mass is 409 g/mol. The highest BCUT2D eigenvalue weighted by Crippen LogP contribution is 2.31. The molecule has 1 aliphatic heterocycles. The van der Waals surface area contributed by atoms with Crippen LogP contribution in [0.3, 0.4) is 0 Å². The summed E-state index contributed by atoms with van der Waals surface area (Å²) in [4.78, 5) is 19.6. The Kier molecular flexibility index (Phi) is 5.67. The summed E-state index contributed by atoms with van der Waals surface area (Å²) in [6.45, 7) is 5.41. The van der Waals surface area contributed by atoms with Gasteiger partial charge in [0.05, 0.1) is 27.5 Å². The third-order valence-corrected chi connectivity index (χ3v) is 5.92. The summed E-state index contributed by atoms with van der Waals surface area (Å²) in [5, 5.41) is 4.61. The molecule has 1 fully saturated rings. The lowest BCUT2D eigenvalue weighted by Gasteiger charge is -2.32. The molecule has 1 amide bonds. The molecule has 0 unspecified atom stereocenters. The molecule has 0 bridgehead atoms. The molecule has 3 aromatic rings. The lowest BCUT2D eigenvalue weighted by atomic mass is 9.92. The van der Waals surface area contributed by atoms with Crippen LogP contribution in [0.2, 0.25) is 5.02 Å². The Morgan fingerprint density at radius 3 is 2.66 bits per heavy atom. The SMILES string of the molecule is CCc1onc(C)c1-c1cccc(C2CCN(C(=O)c3ccccc3Cl)CC2)n1. The van der Waals surface area contributed by atoms with Gasteiger partial charge in [0.1, 0.15) is 5.76 Å². The molecular formula is C23H24ClN3O2. The normalized spacial score (nSPS) is 14.9. The van der Waals surface area contributed by atoms with E-state index in [0.717, 1.165) is 47.7 Å². The molecule has 0 aliphatic carbocycles. The van der Waals surface area contributed by atoms with Crippen molar-refractivity contribution in [3.8, 4) is 11.3 Å². The molecule has 0 atom stereocenters. The zero-order valence-electron chi connectivity index (χ0n) is 16.7. The number of piperidine rings is 1. The van der Waals surface area contributed by atoms with Crippen molar-refractivity contribution in [3.05, 3.63) is 70.2 Å². The first-order valence-electron chi connectivity index (χ1n) is 10.0. The van der Waals surface area contributed by atoms with Crippen LogP contribution in [0.5, 0.6) is 0 Å². The van der Waals surface area contributed by atoms with Crippen LogP contribution in [0, 0.1) is 6.92 Å². The molecule has 150 valence electrons. The number of amides is 1. The maximum Gasteiger partial charge on any atom is 0.255 e. The summed E-state index contributed by atoms with van der Waals surface area (Å²) in [6.07, 6.45) is 2.55. The molecule has 1 saturated heterocycles. The average Bonchev–Trinajstić information content (AvgIpc) is 3.14. The van der Waals surface area contributed by atoms with Crippen LogP contribution in [0.1, 0.15) is 53.2 Å². The number of carbonyl (C=O) groups is 1. The third-order valence-electron chi connectivity index (χ3n) is 5.59. The van der Waals surface area contributed by atoms with Crippen LogP contribution in [0.4, 0.5) is 0 Å². The Balaban J connectivity index is 1.49. The quantitative estimate of drug-likeness (QED) is 0.588. The van der Waals surface area contributed by atoms with E-state index in [1.165, 1.54) is 0 Å². The number of hydrogen-bond donors (Lipinski definition) is 0. The van der Waals surface area contributed by atoms with Crippen LogP contribution in [-0.4, -0.2) is 34.0 Å². The molecule has 0 spiro atoms. The smallest absolute Gasteiger partial charge is 0.255 e. The largest absolute Gasteiger partial charge is 0.360 e. The summed E-state index contributed by atoms with van der Waals surface area (Å²) in [6, 6.07) is 13.4. The highest BCUT2D eigenvalue weighted by Gasteiger charge is 2.26. The van der Waals surface area contributed by atoms with Crippen LogP contribution in [0.25, 0.3) is 11.3 Å². The molecule has 0 saturated carbocycles. The minimum absolute atomic E-state index is 0.00319. The van der Waals surface area contributed by atoms with E-state index in [1.807, 2.05) is 36.1 Å². The predicted molar refractivity (Wildman–Crippen MR) is 113 cm³/mol. The molecule has 3 heterocycles. The number of likely N-dealkylation sites (tertiary alicyclic amines) is 1. The topological polar surface area (TPSA) is 59.2 Å². The number of pyridine rings is 1. The minimum Gasteiger partial charge on any atom is -0.360 e. The standard InChI is InChI=1S/C23H24ClN3O2/c1-3-21-22(15(2)26-29-21)20-10-6-9-19(25-20)16-11-13-27(14-12-16)23(28)17-7-4-5-8-18(17)24/h4-10,16H,3,11-14H2,1-2H3. The van der Waals surface area contributed by atoms with E-state index >= 15 is 0 Å². The van der Waals surface area contributed by atoms with Gasteiger partial charge in [-0.2, -0.15) is 0 Å². The number of aromatic nitrogens is 2. The molecule has 6 heteroatoms. The first kappa shape index (κ1) is 19.6. The van der Waals surface area contributed by atoms with Gasteiger partial charge < -0.3 is 9.42 Å². The van der Waals surface area contributed by atoms with Crippen LogP contribution < -0.4 is 0 Å². The summed E-state index contributed by atoms with van der Waals surface area (Å²) >= 11 is 6.20. The molecule has 29 heavy (non-hydrogen) atoms. The van der Waals surface area contributed by atoms with Crippen LogP contribution >= 0.6 is 11.6 Å². The van der Waals surface area contributed by atoms with Gasteiger partial charge in [0.25, 0.3) is 5.91 Å². The molecule has 0 N–H and O–H groups in total. The zero-order valence-corrected chi connectivity index (χ0v) is 17.4. The minimum atomic E-state index is 0.00319. The van der Waals surface area contributed by atoms with E-state index < -0.39 is 0 Å². The first-order chi connectivity index (χ1) is 14.1. The Labute approximate surface area is 175 Å². The molecule has 1 aromatic carbocycles. The van der Waals surface area contributed by atoms with E-state index in [1.54, 1.807) is 12.1 Å². The van der Waals surface area contributed by atoms with Gasteiger partial charge in [0, 0.05) is 31.1 Å². The number of aryl methyl sites for hydroxylation is 2. The van der Waals surface area contributed by atoms with Gasteiger partial charge in [-0.3, -0.25) is 9.78 Å². The second-order valence-corrected chi connectivity index (χ2v) is 7.82. The Morgan fingerprint density at radius 2 is 1.93 bits per heavy atom. The number of carbonyl (C=O) groups excluding carboxylic acids is 1. The maximum atomic E-state index is 12.8. The number of halogens is 1. The second-order valence-electron chi connectivity index (χ2n) is 7.41. The van der Waals surface area contributed by atoms with Crippen molar-refractivity contribution in [2.75, 3.05) is 13.1 Å². The van der Waals surface area contributed by atoms with E-state index in [0.29, 0.717) is 29.6 Å². The highest BCUT2D eigenvalue weighted by molar-refractivity contribution is 6.33. The Bertz CT molecular complexity index is 1020. The van der Waals surface area contributed by atoms with Crippen molar-refractivity contribution in [1.29, 1.82) is 0 Å². The first-order valence-corrected chi connectivity index (χ1v) is 10.4. The third kappa shape index (κ3) is 3.92. The van der Waals surface area contributed by atoms with Gasteiger partial charge in [-0.25, -0.2) is 0 Å². The van der Waals surface area contributed by atoms with Crippen LogP contribution in [-0.2, 0) is 6.42 Å². The van der Waals surface area contributed by atoms with Crippen molar-refractivity contribution in [2.45, 2.75) is 39.0 Å². The zero-order chi connectivity index (χ0) is 20.4. The molecule has 4 rings (SSSR count). The predicted octanol–water partition coefficient (Wildman–Crippen LogP) is 5.28. The lowest BCUT2D eigenvalue weighted by molar-refractivity contribution is 0.0712. The van der Waals surface area contributed by atoms with Gasteiger partial charge in [-0.05, 0) is 44.0 Å². The molecule has 1 aliphatic rings. The Morgan fingerprint density at radius 1 is 1.17 bits per heavy atom. The van der Waals surface area contributed by atoms with Crippen molar-refractivity contribution >= 4 is 17.5 Å². The van der Waals surface area contributed by atoms with Crippen molar-refractivity contribution in [1.82, 2.24) is 15.0 Å². The van der Waals surface area contributed by atoms with E-state index in [4.69, 9.17) is 21.1 Å². The van der Waals surface area contributed by atoms with E-state index in [-0.39, 0.29) is 5.91 Å². The summed E-state index contributed by atoms with van der Waals surface area (Å²) in [7, 11) is 0. The summed E-state index contributed by atoms with van der Waals surface area (Å²) < 4.78 is 5.43. The molecule has 0 radical (unpaired) electrons. The maximum absolute atomic E-state index is 12.8. The fourth-order valence-electron chi connectivity index (χ4n) is 3.99. The fourth-order valence-corrected chi connectivity index (χ4v) is 4.20. The number of nitrogens with zero attached hydrogens (tertiary/aromatic N) is 3.